The SMILES string of the molecule is NC(=O)c1cccc2c1c1cccc(F)c1n2CC1CCCC1. The summed E-state index contributed by atoms with van der Waals surface area (Å²) in [5.74, 6) is -0.141. The molecule has 118 valence electrons. The third-order valence-corrected chi connectivity index (χ3v) is 5.04. The third kappa shape index (κ3) is 2.21. The maximum absolute atomic E-state index is 14.6. The summed E-state index contributed by atoms with van der Waals surface area (Å²) in [4.78, 5) is 11.8. The number of nitrogens with two attached hydrogens (primary N) is 1. The molecule has 1 saturated carbocycles. The van der Waals surface area contributed by atoms with Gasteiger partial charge in [-0.1, -0.05) is 31.0 Å². The Morgan fingerprint density at radius 2 is 1.91 bits per heavy atom. The Hall–Kier alpha value is -2.36. The number of halogens is 1. The summed E-state index contributed by atoms with van der Waals surface area (Å²) in [6.07, 6.45) is 4.86. The Kier molecular flexibility index (Phi) is 3.33. The molecular formula is C19H19FN2O. The summed E-state index contributed by atoms with van der Waals surface area (Å²) in [5, 5.41) is 1.54. The molecule has 1 aliphatic rings. The number of benzene rings is 2. The molecule has 1 heterocycles. The van der Waals surface area contributed by atoms with Gasteiger partial charge in [0.1, 0.15) is 5.82 Å². The highest BCUT2D eigenvalue weighted by molar-refractivity contribution is 6.17. The number of hydrogen-bond acceptors (Lipinski definition) is 1. The van der Waals surface area contributed by atoms with E-state index in [4.69, 9.17) is 5.73 Å². The van der Waals surface area contributed by atoms with Gasteiger partial charge in [0, 0.05) is 28.4 Å². The first kappa shape index (κ1) is 14.2. The molecule has 1 fully saturated rings. The second kappa shape index (κ2) is 5.37. The fourth-order valence-corrected chi connectivity index (χ4v) is 4.01. The van der Waals surface area contributed by atoms with Crippen LogP contribution in [0, 0.1) is 11.7 Å². The lowest BCUT2D eigenvalue weighted by Gasteiger charge is -2.13. The molecule has 3 aromatic rings. The van der Waals surface area contributed by atoms with Crippen LogP contribution in [0.2, 0.25) is 0 Å². The van der Waals surface area contributed by atoms with Gasteiger partial charge in [0.15, 0.2) is 0 Å². The average molecular weight is 310 g/mol. The molecule has 2 aromatic carbocycles. The minimum Gasteiger partial charge on any atom is -0.366 e. The highest BCUT2D eigenvalue weighted by Gasteiger charge is 2.22. The van der Waals surface area contributed by atoms with Crippen molar-refractivity contribution in [2.45, 2.75) is 32.2 Å². The Balaban J connectivity index is 2.05. The number of carbonyl (C=O) groups is 1. The molecule has 0 saturated heterocycles. The fourth-order valence-electron chi connectivity index (χ4n) is 4.01. The third-order valence-electron chi connectivity index (χ3n) is 5.04. The lowest BCUT2D eigenvalue weighted by molar-refractivity contribution is 0.100. The standard InChI is InChI=1S/C19H19FN2O/c20-15-9-3-7-13-17-14(19(21)23)8-4-10-16(17)22(18(13)15)11-12-5-1-2-6-12/h3-4,7-10,12H,1-2,5-6,11H2,(H2,21,23). The summed E-state index contributed by atoms with van der Waals surface area (Å²) in [6.45, 7) is 0.795. The number of aromatic nitrogens is 1. The van der Waals surface area contributed by atoms with Gasteiger partial charge >= 0.3 is 0 Å². The molecule has 1 aromatic heterocycles. The van der Waals surface area contributed by atoms with Gasteiger partial charge in [0.05, 0.1) is 5.52 Å². The summed E-state index contributed by atoms with van der Waals surface area (Å²) >= 11 is 0. The van der Waals surface area contributed by atoms with Gasteiger partial charge in [-0.3, -0.25) is 4.79 Å². The molecule has 23 heavy (non-hydrogen) atoms. The van der Waals surface area contributed by atoms with Gasteiger partial charge in [-0.25, -0.2) is 4.39 Å². The zero-order chi connectivity index (χ0) is 16.0. The Morgan fingerprint density at radius 1 is 1.17 bits per heavy atom. The van der Waals surface area contributed by atoms with Crippen molar-refractivity contribution in [2.24, 2.45) is 11.7 Å². The number of amides is 1. The topological polar surface area (TPSA) is 48.0 Å². The second-order valence-electron chi connectivity index (χ2n) is 6.46. The Labute approximate surface area is 133 Å². The number of primary amides is 1. The van der Waals surface area contributed by atoms with E-state index >= 15 is 0 Å². The lowest BCUT2D eigenvalue weighted by atomic mass is 10.1. The summed E-state index contributed by atoms with van der Waals surface area (Å²) < 4.78 is 16.6. The molecule has 1 amide bonds. The molecule has 0 bridgehead atoms. The van der Waals surface area contributed by atoms with Gasteiger partial charge in [-0.2, -0.15) is 0 Å². The smallest absolute Gasteiger partial charge is 0.249 e. The van der Waals surface area contributed by atoms with E-state index in [-0.39, 0.29) is 5.82 Å². The Morgan fingerprint density at radius 3 is 2.65 bits per heavy atom. The largest absolute Gasteiger partial charge is 0.366 e. The molecule has 4 rings (SSSR count). The number of para-hydroxylation sites is 1. The Bertz CT molecular complexity index is 907. The summed E-state index contributed by atoms with van der Waals surface area (Å²) in [7, 11) is 0. The molecule has 0 spiro atoms. The molecule has 0 aliphatic heterocycles. The maximum atomic E-state index is 14.6. The van der Waals surface area contributed by atoms with Gasteiger partial charge < -0.3 is 10.3 Å². The van der Waals surface area contributed by atoms with E-state index in [9.17, 15) is 9.18 Å². The molecule has 4 heteroatoms. The first-order valence-electron chi connectivity index (χ1n) is 8.16. The van der Waals surface area contributed by atoms with Crippen molar-refractivity contribution in [1.82, 2.24) is 4.57 Å². The van der Waals surface area contributed by atoms with E-state index in [2.05, 4.69) is 0 Å². The van der Waals surface area contributed by atoms with Crippen LogP contribution >= 0.6 is 0 Å². The predicted octanol–water partition coefficient (Wildman–Crippen LogP) is 4.22. The van der Waals surface area contributed by atoms with Crippen molar-refractivity contribution in [3.8, 4) is 0 Å². The maximum Gasteiger partial charge on any atom is 0.249 e. The monoisotopic (exact) mass is 310 g/mol. The van der Waals surface area contributed by atoms with E-state index in [0.717, 1.165) is 22.8 Å². The first-order valence-corrected chi connectivity index (χ1v) is 8.16. The van der Waals surface area contributed by atoms with Gasteiger partial charge in [-0.15, -0.1) is 0 Å². The first-order chi connectivity index (χ1) is 11.2. The van der Waals surface area contributed by atoms with Gasteiger partial charge in [0.25, 0.3) is 0 Å². The minimum atomic E-state index is -0.472. The zero-order valence-electron chi connectivity index (χ0n) is 12.9. The van der Waals surface area contributed by atoms with Crippen LogP contribution in [-0.2, 0) is 6.54 Å². The zero-order valence-corrected chi connectivity index (χ0v) is 12.9. The molecule has 1 aliphatic carbocycles. The summed E-state index contributed by atoms with van der Waals surface area (Å²) in [5.41, 5.74) is 7.48. The second-order valence-corrected chi connectivity index (χ2v) is 6.46. The van der Waals surface area contributed by atoms with Crippen LogP contribution in [0.5, 0.6) is 0 Å². The van der Waals surface area contributed by atoms with Crippen LogP contribution in [0.4, 0.5) is 4.39 Å². The van der Waals surface area contributed by atoms with Gasteiger partial charge in [0.2, 0.25) is 5.91 Å². The average Bonchev–Trinajstić information content (AvgIpc) is 3.15. The van der Waals surface area contributed by atoms with Crippen LogP contribution in [0.1, 0.15) is 36.0 Å². The van der Waals surface area contributed by atoms with Crippen LogP contribution in [0.3, 0.4) is 0 Å². The molecular weight excluding hydrogens is 291 g/mol. The predicted molar refractivity (Wildman–Crippen MR) is 89.9 cm³/mol. The van der Waals surface area contributed by atoms with Crippen LogP contribution < -0.4 is 5.73 Å². The van der Waals surface area contributed by atoms with Crippen LogP contribution in [-0.4, -0.2) is 10.5 Å². The van der Waals surface area contributed by atoms with E-state index in [1.165, 1.54) is 31.7 Å². The number of hydrogen-bond donors (Lipinski definition) is 1. The summed E-state index contributed by atoms with van der Waals surface area (Å²) in [6, 6.07) is 10.5. The van der Waals surface area contributed by atoms with E-state index in [0.29, 0.717) is 17.0 Å². The van der Waals surface area contributed by atoms with E-state index in [1.54, 1.807) is 12.1 Å². The molecule has 0 atom stereocenters. The van der Waals surface area contributed by atoms with Crippen LogP contribution in [0.25, 0.3) is 21.8 Å². The minimum absolute atomic E-state index is 0.243. The van der Waals surface area contributed by atoms with Crippen molar-refractivity contribution in [3.63, 3.8) is 0 Å². The van der Waals surface area contributed by atoms with Gasteiger partial charge in [-0.05, 0) is 37.0 Å². The molecule has 3 nitrogen and oxygen atoms in total. The highest BCUT2D eigenvalue weighted by atomic mass is 19.1. The van der Waals surface area contributed by atoms with Crippen molar-refractivity contribution in [1.29, 1.82) is 0 Å². The highest BCUT2D eigenvalue weighted by Crippen LogP contribution is 2.35. The number of nitrogens with zero attached hydrogens (tertiary/aromatic N) is 1. The van der Waals surface area contributed by atoms with E-state index in [1.807, 2.05) is 22.8 Å². The van der Waals surface area contributed by atoms with Crippen molar-refractivity contribution >= 4 is 27.7 Å². The normalized spacial score (nSPS) is 15.7. The molecule has 2 N–H and O–H groups in total. The van der Waals surface area contributed by atoms with Crippen LogP contribution in [0.15, 0.2) is 36.4 Å². The van der Waals surface area contributed by atoms with Crippen molar-refractivity contribution < 1.29 is 9.18 Å². The van der Waals surface area contributed by atoms with E-state index < -0.39 is 5.91 Å². The fraction of sp³-hybridized carbons (Fsp3) is 0.316. The molecule has 0 radical (unpaired) electrons. The lowest BCUT2D eigenvalue weighted by Crippen LogP contribution is -2.11. The molecule has 0 unspecified atom stereocenters. The van der Waals surface area contributed by atoms with Crippen molar-refractivity contribution in [3.05, 3.63) is 47.8 Å². The number of rotatable bonds is 3. The number of fused-ring (bicyclic) bond motifs is 3. The number of carbonyl (C=O) groups excluding carboxylic acids is 1. The van der Waals surface area contributed by atoms with Crippen molar-refractivity contribution in [2.75, 3.05) is 0 Å². The quantitative estimate of drug-likeness (QED) is 0.773.